The molecule has 2 atom stereocenters. The maximum Gasteiger partial charge on any atom is 0.336 e. The standard InChI is InChI=1S/C17H27N3O4SSi/c1-17(2,3)26(4,5)23-10-15-24-14(11-25-15)19-7-6-13-18-12(9-21)8-20(13)16(19)22/h6-8,14-15,21H,9-11H2,1-5H3/t14-,15+/m0/s1. The number of hydrogen-bond donors (Lipinski definition) is 1. The van der Waals surface area contributed by atoms with Crippen molar-refractivity contribution in [1.29, 1.82) is 0 Å². The van der Waals surface area contributed by atoms with Gasteiger partial charge in [-0.1, -0.05) is 20.8 Å². The molecule has 1 saturated heterocycles. The highest BCUT2D eigenvalue weighted by Crippen LogP contribution is 2.38. The number of imidazole rings is 1. The van der Waals surface area contributed by atoms with Crippen molar-refractivity contribution in [2.45, 2.75) is 57.2 Å². The summed E-state index contributed by atoms with van der Waals surface area (Å²) in [6.45, 7) is 11.4. The lowest BCUT2D eigenvalue weighted by atomic mass is 10.2. The van der Waals surface area contributed by atoms with Crippen molar-refractivity contribution in [2.75, 3.05) is 12.4 Å². The van der Waals surface area contributed by atoms with E-state index in [-0.39, 0.29) is 29.0 Å². The summed E-state index contributed by atoms with van der Waals surface area (Å²) >= 11 is 1.67. The number of aliphatic hydroxyl groups excluding tert-OH is 1. The lowest BCUT2D eigenvalue weighted by molar-refractivity contribution is -0.00429. The van der Waals surface area contributed by atoms with E-state index < -0.39 is 8.32 Å². The molecule has 1 aliphatic rings. The molecule has 0 saturated carbocycles. The first kappa shape index (κ1) is 19.6. The maximum atomic E-state index is 12.7. The third kappa shape index (κ3) is 3.77. The molecule has 1 N–H and O–H groups in total. The van der Waals surface area contributed by atoms with Gasteiger partial charge in [-0.25, -0.2) is 9.78 Å². The monoisotopic (exact) mass is 397 g/mol. The summed E-state index contributed by atoms with van der Waals surface area (Å²) in [5, 5.41) is 9.36. The highest BCUT2D eigenvalue weighted by atomic mass is 32.2. The molecule has 144 valence electrons. The number of aromatic nitrogens is 3. The van der Waals surface area contributed by atoms with Crippen LogP contribution in [0.25, 0.3) is 5.65 Å². The number of thioether (sulfide) groups is 1. The molecule has 0 radical (unpaired) electrons. The first-order chi connectivity index (χ1) is 12.1. The zero-order valence-electron chi connectivity index (χ0n) is 15.9. The van der Waals surface area contributed by atoms with Crippen molar-refractivity contribution in [3.8, 4) is 0 Å². The van der Waals surface area contributed by atoms with Crippen LogP contribution in [-0.2, 0) is 15.8 Å². The minimum Gasteiger partial charge on any atom is -0.413 e. The van der Waals surface area contributed by atoms with Gasteiger partial charge in [-0.2, -0.15) is 0 Å². The molecule has 3 rings (SSSR count). The largest absolute Gasteiger partial charge is 0.413 e. The van der Waals surface area contributed by atoms with Crippen LogP contribution in [0.15, 0.2) is 23.3 Å². The van der Waals surface area contributed by atoms with Gasteiger partial charge in [0.2, 0.25) is 0 Å². The van der Waals surface area contributed by atoms with Crippen molar-refractivity contribution in [3.05, 3.63) is 34.6 Å². The maximum absolute atomic E-state index is 12.7. The fourth-order valence-electron chi connectivity index (χ4n) is 2.52. The second kappa shape index (κ2) is 7.12. The minimum atomic E-state index is -1.82. The highest BCUT2D eigenvalue weighted by Gasteiger charge is 2.39. The molecule has 9 heteroatoms. The van der Waals surface area contributed by atoms with Gasteiger partial charge in [-0.05, 0) is 24.2 Å². The van der Waals surface area contributed by atoms with Crippen LogP contribution in [0.2, 0.25) is 18.1 Å². The van der Waals surface area contributed by atoms with Crippen molar-refractivity contribution in [2.24, 2.45) is 0 Å². The molecule has 2 aromatic heterocycles. The molecule has 3 heterocycles. The summed E-state index contributed by atoms with van der Waals surface area (Å²) in [5.41, 5.74) is 0.708. The average Bonchev–Trinajstić information content (AvgIpc) is 3.19. The Morgan fingerprint density at radius 1 is 1.46 bits per heavy atom. The Morgan fingerprint density at radius 2 is 2.19 bits per heavy atom. The fraction of sp³-hybridized carbons (Fsp3) is 0.647. The van der Waals surface area contributed by atoms with Crippen LogP contribution in [0.4, 0.5) is 0 Å². The third-order valence-electron chi connectivity index (χ3n) is 5.19. The quantitative estimate of drug-likeness (QED) is 0.782. The van der Waals surface area contributed by atoms with Crippen molar-refractivity contribution in [1.82, 2.24) is 14.0 Å². The first-order valence-electron chi connectivity index (χ1n) is 8.73. The smallest absolute Gasteiger partial charge is 0.336 e. The van der Waals surface area contributed by atoms with Crippen LogP contribution in [0.1, 0.15) is 32.7 Å². The summed E-state index contributed by atoms with van der Waals surface area (Å²) in [7, 11) is -1.82. The normalized spacial score (nSPS) is 21.6. The first-order valence-corrected chi connectivity index (χ1v) is 12.7. The molecule has 0 aliphatic carbocycles. The van der Waals surface area contributed by atoms with Gasteiger partial charge in [0.15, 0.2) is 8.32 Å². The molecule has 1 fully saturated rings. The highest BCUT2D eigenvalue weighted by molar-refractivity contribution is 8.00. The fourth-order valence-corrected chi connectivity index (χ4v) is 4.63. The SMILES string of the molecule is CC(C)(C)[Si](C)(C)OC[C@@H]1O[C@H](n2ccc3nc(CO)cn3c2=O)CS1. The van der Waals surface area contributed by atoms with Gasteiger partial charge in [0, 0.05) is 18.1 Å². The van der Waals surface area contributed by atoms with Gasteiger partial charge >= 0.3 is 5.69 Å². The minimum absolute atomic E-state index is 0.0764. The second-order valence-electron chi connectivity index (χ2n) is 8.05. The van der Waals surface area contributed by atoms with Crippen molar-refractivity contribution < 1.29 is 14.3 Å². The molecule has 2 aromatic rings. The number of nitrogens with zero attached hydrogens (tertiary/aromatic N) is 3. The summed E-state index contributed by atoms with van der Waals surface area (Å²) in [5.74, 6) is 0.693. The van der Waals surface area contributed by atoms with Crippen LogP contribution in [0, 0.1) is 0 Å². The molecule has 26 heavy (non-hydrogen) atoms. The average molecular weight is 398 g/mol. The van der Waals surface area contributed by atoms with E-state index in [9.17, 15) is 9.90 Å². The summed E-state index contributed by atoms with van der Waals surface area (Å²) in [4.78, 5) is 16.9. The number of fused-ring (bicyclic) bond motifs is 1. The van der Waals surface area contributed by atoms with E-state index in [0.717, 1.165) is 0 Å². The number of rotatable bonds is 5. The molecule has 1 aliphatic heterocycles. The van der Waals surface area contributed by atoms with Gasteiger partial charge in [0.1, 0.15) is 17.3 Å². The molecule has 0 bridgehead atoms. The van der Waals surface area contributed by atoms with E-state index in [0.29, 0.717) is 23.7 Å². The predicted octanol–water partition coefficient (Wildman–Crippen LogP) is 2.60. The second-order valence-corrected chi connectivity index (χ2v) is 14.1. The zero-order chi connectivity index (χ0) is 19.1. The van der Waals surface area contributed by atoms with E-state index in [2.05, 4.69) is 38.8 Å². The van der Waals surface area contributed by atoms with Gasteiger partial charge < -0.3 is 14.3 Å². The van der Waals surface area contributed by atoms with Gasteiger partial charge in [-0.15, -0.1) is 11.8 Å². The van der Waals surface area contributed by atoms with E-state index in [1.165, 1.54) is 4.40 Å². The Morgan fingerprint density at radius 3 is 2.85 bits per heavy atom. The van der Waals surface area contributed by atoms with Crippen LogP contribution >= 0.6 is 11.8 Å². The van der Waals surface area contributed by atoms with Gasteiger partial charge in [0.05, 0.1) is 18.9 Å². The Bertz CT molecular complexity index is 843. The molecule has 0 amide bonds. The topological polar surface area (TPSA) is 78.0 Å². The summed E-state index contributed by atoms with van der Waals surface area (Å²) in [6.07, 6.45) is 2.94. The molecular weight excluding hydrogens is 370 g/mol. The zero-order valence-corrected chi connectivity index (χ0v) is 17.7. The molecular formula is C17H27N3O4SSi. The van der Waals surface area contributed by atoms with E-state index >= 15 is 0 Å². The van der Waals surface area contributed by atoms with Crippen LogP contribution in [0.3, 0.4) is 0 Å². The van der Waals surface area contributed by atoms with Gasteiger partial charge in [-0.3, -0.25) is 8.97 Å². The third-order valence-corrected chi connectivity index (χ3v) is 10.8. The Kier molecular flexibility index (Phi) is 5.37. The van der Waals surface area contributed by atoms with E-state index in [4.69, 9.17) is 9.16 Å². The summed E-state index contributed by atoms with van der Waals surface area (Å²) < 4.78 is 15.3. The van der Waals surface area contributed by atoms with Crippen molar-refractivity contribution in [3.63, 3.8) is 0 Å². The molecule has 0 spiro atoms. The lowest BCUT2D eigenvalue weighted by Gasteiger charge is -2.36. The Balaban J connectivity index is 1.70. The van der Waals surface area contributed by atoms with Crippen molar-refractivity contribution >= 4 is 25.7 Å². The van der Waals surface area contributed by atoms with Crippen LogP contribution in [0.5, 0.6) is 0 Å². The number of ether oxygens (including phenoxy) is 1. The summed E-state index contributed by atoms with van der Waals surface area (Å²) in [6, 6.07) is 1.76. The molecule has 7 nitrogen and oxygen atoms in total. The molecule has 0 aromatic carbocycles. The predicted molar refractivity (Wildman–Crippen MR) is 105 cm³/mol. The molecule has 0 unspecified atom stereocenters. The van der Waals surface area contributed by atoms with Crippen LogP contribution < -0.4 is 5.69 Å². The van der Waals surface area contributed by atoms with Gasteiger partial charge in [0.25, 0.3) is 0 Å². The van der Waals surface area contributed by atoms with Crippen LogP contribution in [-0.4, -0.2) is 45.2 Å². The Hall–Kier alpha value is -1.13. The Labute approximate surface area is 158 Å². The van der Waals surface area contributed by atoms with E-state index in [1.54, 1.807) is 34.8 Å². The number of hydrogen-bond acceptors (Lipinski definition) is 6. The lowest BCUT2D eigenvalue weighted by Crippen LogP contribution is -2.42. The number of aliphatic hydroxyl groups is 1. The van der Waals surface area contributed by atoms with E-state index in [1.807, 2.05) is 0 Å².